The van der Waals surface area contributed by atoms with Crippen molar-refractivity contribution in [3.05, 3.63) is 54.2 Å². The van der Waals surface area contributed by atoms with Crippen LogP contribution in [0.15, 0.2) is 58.5 Å². The van der Waals surface area contributed by atoms with E-state index in [1.807, 2.05) is 6.92 Å². The highest BCUT2D eigenvalue weighted by molar-refractivity contribution is 7.91. The van der Waals surface area contributed by atoms with Crippen molar-refractivity contribution in [1.29, 1.82) is 0 Å². The van der Waals surface area contributed by atoms with E-state index in [0.717, 1.165) is 11.6 Å². The minimum absolute atomic E-state index is 0.0445. The summed E-state index contributed by atoms with van der Waals surface area (Å²) in [5.41, 5.74) is 0.972. The van der Waals surface area contributed by atoms with E-state index in [1.54, 1.807) is 24.3 Å². The molecule has 6 heteroatoms. The lowest BCUT2D eigenvalue weighted by atomic mass is 10.2. The van der Waals surface area contributed by atoms with Gasteiger partial charge in [0.25, 0.3) is 0 Å². The molecule has 3 aromatic rings. The second kappa shape index (κ2) is 4.99. The van der Waals surface area contributed by atoms with E-state index in [1.165, 1.54) is 18.3 Å². The third-order valence-electron chi connectivity index (χ3n) is 3.43. The van der Waals surface area contributed by atoms with Crippen molar-refractivity contribution in [2.45, 2.75) is 16.7 Å². The van der Waals surface area contributed by atoms with Gasteiger partial charge in [-0.25, -0.2) is 8.42 Å². The number of fused-ring (bicyclic) bond motifs is 1. The molecule has 0 radical (unpaired) electrons. The highest BCUT2D eigenvalue weighted by Crippen LogP contribution is 2.38. The molecular weight excluding hydrogens is 302 g/mol. The molecule has 0 amide bonds. The summed E-state index contributed by atoms with van der Waals surface area (Å²) < 4.78 is 25.3. The van der Waals surface area contributed by atoms with Gasteiger partial charge in [0.2, 0.25) is 9.84 Å². The molecule has 0 unspecified atom stereocenters. The van der Waals surface area contributed by atoms with Crippen LogP contribution in [-0.2, 0) is 9.84 Å². The smallest absolute Gasteiger partial charge is 0.210 e. The number of hydrogen-bond donors (Lipinski definition) is 2. The fourth-order valence-corrected chi connectivity index (χ4v) is 3.60. The van der Waals surface area contributed by atoms with Crippen molar-refractivity contribution >= 4 is 20.7 Å². The van der Waals surface area contributed by atoms with Crippen LogP contribution in [0.3, 0.4) is 0 Å². The highest BCUT2D eigenvalue weighted by Gasteiger charge is 2.25. The van der Waals surface area contributed by atoms with E-state index < -0.39 is 15.6 Å². The number of phenolic OH excluding ortho intramolecular Hbond substituents is 2. The fraction of sp³-hybridized carbons (Fsp3) is 0.0625. The number of benzene rings is 2. The lowest BCUT2D eigenvalue weighted by Gasteiger charge is -2.10. The maximum Gasteiger partial charge on any atom is 0.210 e. The first-order chi connectivity index (χ1) is 10.4. The summed E-state index contributed by atoms with van der Waals surface area (Å²) >= 11 is 0. The van der Waals surface area contributed by atoms with Crippen LogP contribution < -0.4 is 0 Å². The van der Waals surface area contributed by atoms with Crippen LogP contribution in [0.5, 0.6) is 11.5 Å². The molecule has 2 N–H and O–H groups in total. The van der Waals surface area contributed by atoms with Gasteiger partial charge in [0.05, 0.1) is 4.90 Å². The van der Waals surface area contributed by atoms with Gasteiger partial charge in [-0.3, -0.25) is 4.98 Å². The molecule has 0 saturated carbocycles. The summed E-state index contributed by atoms with van der Waals surface area (Å²) in [4.78, 5) is 3.63. The summed E-state index contributed by atoms with van der Waals surface area (Å²) in [5, 5.41) is 20.6. The van der Waals surface area contributed by atoms with Gasteiger partial charge in [-0.05, 0) is 31.2 Å². The minimum atomic E-state index is -3.95. The van der Waals surface area contributed by atoms with Gasteiger partial charge in [0.15, 0.2) is 5.75 Å². The number of rotatable bonds is 2. The number of aromatic nitrogens is 1. The average molecular weight is 315 g/mol. The van der Waals surface area contributed by atoms with Crippen LogP contribution in [-0.4, -0.2) is 23.6 Å². The highest BCUT2D eigenvalue weighted by atomic mass is 32.2. The third kappa shape index (κ3) is 2.17. The monoisotopic (exact) mass is 315 g/mol. The molecule has 0 fully saturated rings. The Morgan fingerprint density at radius 3 is 2.41 bits per heavy atom. The quantitative estimate of drug-likeness (QED) is 0.710. The van der Waals surface area contributed by atoms with E-state index in [2.05, 4.69) is 4.98 Å². The number of aromatic hydroxyl groups is 2. The summed E-state index contributed by atoms with van der Waals surface area (Å²) in [6.45, 7) is 1.85. The zero-order valence-corrected chi connectivity index (χ0v) is 12.5. The molecule has 2 aromatic carbocycles. The Morgan fingerprint density at radius 2 is 1.73 bits per heavy atom. The molecule has 1 heterocycles. The molecular formula is C16H13NO4S. The normalized spacial score (nSPS) is 11.7. The maximum atomic E-state index is 12.7. The van der Waals surface area contributed by atoms with E-state index in [-0.39, 0.29) is 21.1 Å². The van der Waals surface area contributed by atoms with Crippen LogP contribution >= 0.6 is 0 Å². The standard InChI is InChI=1S/C16H13NO4S/c1-10-4-6-11(7-5-10)22(20,21)14-9-13(18)12-3-2-8-17-15(12)16(14)19/h2-9,18-19H,1H3. The lowest BCUT2D eigenvalue weighted by molar-refractivity contribution is 0.453. The Kier molecular flexibility index (Phi) is 3.26. The first kappa shape index (κ1) is 14.3. The Balaban J connectivity index is 2.30. The SMILES string of the molecule is Cc1ccc(S(=O)(=O)c2cc(O)c3cccnc3c2O)cc1. The third-order valence-corrected chi connectivity index (χ3v) is 5.21. The van der Waals surface area contributed by atoms with Gasteiger partial charge in [0.1, 0.15) is 16.2 Å². The molecule has 3 rings (SSSR count). The van der Waals surface area contributed by atoms with Crippen LogP contribution in [0.1, 0.15) is 5.56 Å². The number of pyridine rings is 1. The predicted molar refractivity (Wildman–Crippen MR) is 81.7 cm³/mol. The predicted octanol–water partition coefficient (Wildman–Crippen LogP) is 2.79. The van der Waals surface area contributed by atoms with Crippen molar-refractivity contribution in [2.24, 2.45) is 0 Å². The van der Waals surface area contributed by atoms with Gasteiger partial charge in [-0.15, -0.1) is 0 Å². The molecule has 0 aliphatic rings. The van der Waals surface area contributed by atoms with E-state index in [4.69, 9.17) is 0 Å². The Morgan fingerprint density at radius 1 is 1.05 bits per heavy atom. The van der Waals surface area contributed by atoms with Crippen LogP contribution in [0.4, 0.5) is 0 Å². The molecule has 22 heavy (non-hydrogen) atoms. The molecule has 0 aliphatic heterocycles. The summed E-state index contributed by atoms with van der Waals surface area (Å²) in [6, 6.07) is 10.5. The minimum Gasteiger partial charge on any atom is -0.507 e. The number of phenols is 2. The number of hydrogen-bond acceptors (Lipinski definition) is 5. The molecule has 0 bridgehead atoms. The van der Waals surface area contributed by atoms with Gasteiger partial charge in [0, 0.05) is 17.6 Å². The van der Waals surface area contributed by atoms with E-state index >= 15 is 0 Å². The maximum absolute atomic E-state index is 12.7. The second-order valence-electron chi connectivity index (χ2n) is 4.96. The van der Waals surface area contributed by atoms with Crippen LogP contribution in [0.25, 0.3) is 10.9 Å². The van der Waals surface area contributed by atoms with Crippen LogP contribution in [0, 0.1) is 6.92 Å². The second-order valence-corrected chi connectivity index (χ2v) is 6.88. The molecule has 112 valence electrons. The topological polar surface area (TPSA) is 87.5 Å². The molecule has 0 atom stereocenters. The Bertz CT molecular complexity index is 963. The molecule has 0 aliphatic carbocycles. The van der Waals surface area contributed by atoms with E-state index in [9.17, 15) is 18.6 Å². The van der Waals surface area contributed by atoms with Gasteiger partial charge >= 0.3 is 0 Å². The summed E-state index contributed by atoms with van der Waals surface area (Å²) in [7, 11) is -3.95. The number of sulfone groups is 1. The van der Waals surface area contributed by atoms with Gasteiger partial charge < -0.3 is 10.2 Å². The molecule has 0 saturated heterocycles. The van der Waals surface area contributed by atoms with Gasteiger partial charge in [-0.1, -0.05) is 17.7 Å². The van der Waals surface area contributed by atoms with Crippen molar-refractivity contribution in [3.63, 3.8) is 0 Å². The zero-order valence-electron chi connectivity index (χ0n) is 11.7. The molecule has 0 spiro atoms. The Hall–Kier alpha value is -2.60. The van der Waals surface area contributed by atoms with Crippen molar-refractivity contribution in [2.75, 3.05) is 0 Å². The fourth-order valence-electron chi connectivity index (χ4n) is 2.24. The molecule has 1 aromatic heterocycles. The number of aryl methyl sites for hydroxylation is 1. The summed E-state index contributed by atoms with van der Waals surface area (Å²) in [5.74, 6) is -0.708. The van der Waals surface area contributed by atoms with Gasteiger partial charge in [-0.2, -0.15) is 0 Å². The average Bonchev–Trinajstić information content (AvgIpc) is 2.51. The number of nitrogens with zero attached hydrogens (tertiary/aromatic N) is 1. The largest absolute Gasteiger partial charge is 0.507 e. The Labute approximate surface area is 127 Å². The van der Waals surface area contributed by atoms with E-state index in [0.29, 0.717) is 5.39 Å². The van der Waals surface area contributed by atoms with Crippen LogP contribution in [0.2, 0.25) is 0 Å². The van der Waals surface area contributed by atoms with Crippen molar-refractivity contribution in [3.8, 4) is 11.5 Å². The first-order valence-electron chi connectivity index (χ1n) is 6.52. The molecule has 5 nitrogen and oxygen atoms in total. The van der Waals surface area contributed by atoms with Crippen molar-refractivity contribution < 1.29 is 18.6 Å². The first-order valence-corrected chi connectivity index (χ1v) is 8.01. The lowest BCUT2D eigenvalue weighted by Crippen LogP contribution is -2.03. The summed E-state index contributed by atoms with van der Waals surface area (Å²) in [6.07, 6.45) is 1.42. The zero-order chi connectivity index (χ0) is 15.9. The van der Waals surface area contributed by atoms with Crippen molar-refractivity contribution in [1.82, 2.24) is 4.98 Å².